The number of benzene rings is 1. The average Bonchev–Trinajstić information content (AvgIpc) is 3.25. The summed E-state index contributed by atoms with van der Waals surface area (Å²) in [5.74, 6) is 0.624. The monoisotopic (exact) mass is 431 g/mol. The number of pyridine rings is 1. The summed E-state index contributed by atoms with van der Waals surface area (Å²) in [5.41, 5.74) is 4.92. The molecule has 9 heteroatoms. The SMILES string of the molecule is C/C=C/N=C\C(=N/C)c1cc2c(cc1OC)ncc1c2n(-c2cn(C)nc2C)c(=O)n1C. The quantitative estimate of drug-likeness (QED) is 0.454. The highest BCUT2D eigenvalue weighted by Crippen LogP contribution is 2.31. The lowest BCUT2D eigenvalue weighted by atomic mass is 10.0. The molecule has 1 aromatic carbocycles. The zero-order chi connectivity index (χ0) is 23.0. The van der Waals surface area contributed by atoms with Crippen LogP contribution >= 0.6 is 0 Å². The number of aryl methyl sites for hydroxylation is 3. The van der Waals surface area contributed by atoms with Crippen molar-refractivity contribution in [2.75, 3.05) is 14.2 Å². The molecule has 32 heavy (non-hydrogen) atoms. The first kappa shape index (κ1) is 21.2. The first-order valence-corrected chi connectivity index (χ1v) is 10.1. The summed E-state index contributed by atoms with van der Waals surface area (Å²) >= 11 is 0. The number of hydrogen-bond donors (Lipinski definition) is 0. The van der Waals surface area contributed by atoms with Gasteiger partial charge >= 0.3 is 5.69 Å². The molecule has 0 spiro atoms. The van der Waals surface area contributed by atoms with E-state index < -0.39 is 0 Å². The molecule has 0 aliphatic carbocycles. The standard InChI is InChI=1S/C23H25N7O2/c1-7-8-25-11-18(24-3)15-9-16-17(10-21(15)32-6)26-12-19-22(16)30(23(31)29(19)5)20-13-28(4)27-14(20)2/h7-13H,1-6H3/b8-7+,24-18+,25-11-. The minimum atomic E-state index is -0.165. The lowest BCUT2D eigenvalue weighted by Crippen LogP contribution is -2.21. The smallest absolute Gasteiger partial charge is 0.333 e. The largest absolute Gasteiger partial charge is 0.496 e. The van der Waals surface area contributed by atoms with E-state index in [2.05, 4.69) is 20.1 Å². The van der Waals surface area contributed by atoms with Crippen LogP contribution in [0, 0.1) is 6.92 Å². The fraction of sp³-hybridized carbons (Fsp3) is 0.261. The molecular weight excluding hydrogens is 406 g/mol. The van der Waals surface area contributed by atoms with Crippen LogP contribution in [0.15, 0.2) is 51.6 Å². The Balaban J connectivity index is 2.12. The summed E-state index contributed by atoms with van der Waals surface area (Å²) < 4.78 is 10.6. The van der Waals surface area contributed by atoms with E-state index in [9.17, 15) is 4.79 Å². The molecule has 164 valence electrons. The number of aromatic nitrogens is 5. The van der Waals surface area contributed by atoms with Gasteiger partial charge in [0.15, 0.2) is 0 Å². The van der Waals surface area contributed by atoms with Gasteiger partial charge in [-0.25, -0.2) is 4.79 Å². The van der Waals surface area contributed by atoms with Crippen LogP contribution in [-0.2, 0) is 14.1 Å². The molecule has 0 bridgehead atoms. The zero-order valence-electron chi connectivity index (χ0n) is 19.0. The molecule has 0 aliphatic heterocycles. The predicted molar refractivity (Wildman–Crippen MR) is 128 cm³/mol. The Morgan fingerprint density at radius 2 is 2.03 bits per heavy atom. The Kier molecular flexibility index (Phi) is 5.48. The highest BCUT2D eigenvalue weighted by molar-refractivity contribution is 6.39. The van der Waals surface area contributed by atoms with Crippen molar-refractivity contribution < 1.29 is 4.74 Å². The average molecular weight is 432 g/mol. The van der Waals surface area contributed by atoms with Gasteiger partial charge in [-0.3, -0.25) is 28.8 Å². The molecule has 4 aromatic rings. The van der Waals surface area contributed by atoms with E-state index in [1.807, 2.05) is 45.3 Å². The van der Waals surface area contributed by atoms with Gasteiger partial charge in [-0.15, -0.1) is 0 Å². The highest BCUT2D eigenvalue weighted by atomic mass is 16.5. The number of rotatable bonds is 5. The van der Waals surface area contributed by atoms with Crippen molar-refractivity contribution in [1.29, 1.82) is 0 Å². The van der Waals surface area contributed by atoms with Crippen molar-refractivity contribution in [2.45, 2.75) is 13.8 Å². The van der Waals surface area contributed by atoms with E-state index in [0.29, 0.717) is 17.0 Å². The first-order chi connectivity index (χ1) is 15.4. The van der Waals surface area contributed by atoms with E-state index in [0.717, 1.165) is 33.4 Å². The van der Waals surface area contributed by atoms with Crippen LogP contribution in [0.1, 0.15) is 18.2 Å². The van der Waals surface area contributed by atoms with E-state index in [1.54, 1.807) is 53.6 Å². The molecule has 9 nitrogen and oxygen atoms in total. The molecule has 4 rings (SSSR count). The fourth-order valence-electron chi connectivity index (χ4n) is 3.87. The topological polar surface area (TPSA) is 91.6 Å². The second kappa shape index (κ2) is 8.26. The van der Waals surface area contributed by atoms with Gasteiger partial charge in [0.2, 0.25) is 0 Å². The fourth-order valence-corrected chi connectivity index (χ4v) is 3.87. The Labute approximate surface area is 185 Å². The van der Waals surface area contributed by atoms with E-state index in [1.165, 1.54) is 0 Å². The zero-order valence-corrected chi connectivity index (χ0v) is 19.0. The maximum Gasteiger partial charge on any atom is 0.333 e. The van der Waals surface area contributed by atoms with Crippen molar-refractivity contribution in [3.63, 3.8) is 0 Å². The molecule has 0 unspecified atom stereocenters. The third-order valence-electron chi connectivity index (χ3n) is 5.38. The molecular formula is C23H25N7O2. The molecule has 3 heterocycles. The third-order valence-corrected chi connectivity index (χ3v) is 5.38. The van der Waals surface area contributed by atoms with Crippen LogP contribution < -0.4 is 10.4 Å². The number of hydrogen-bond acceptors (Lipinski definition) is 6. The first-order valence-electron chi connectivity index (χ1n) is 10.1. The van der Waals surface area contributed by atoms with E-state index >= 15 is 0 Å². The van der Waals surface area contributed by atoms with Gasteiger partial charge in [0.1, 0.15) is 5.75 Å². The lowest BCUT2D eigenvalue weighted by Gasteiger charge is -2.11. The maximum atomic E-state index is 13.3. The minimum Gasteiger partial charge on any atom is -0.496 e. The summed E-state index contributed by atoms with van der Waals surface area (Å²) in [6, 6.07) is 3.81. The summed E-state index contributed by atoms with van der Waals surface area (Å²) in [6.07, 6.45) is 8.77. The highest BCUT2D eigenvalue weighted by Gasteiger charge is 2.21. The number of ether oxygens (including phenoxy) is 1. The van der Waals surface area contributed by atoms with Gasteiger partial charge in [-0.2, -0.15) is 5.10 Å². The number of imidazole rings is 1. The molecule has 0 aliphatic rings. The number of nitrogens with zero attached hydrogens (tertiary/aromatic N) is 7. The van der Waals surface area contributed by atoms with Crippen molar-refractivity contribution in [3.05, 3.63) is 58.5 Å². The Bertz CT molecular complexity index is 1480. The van der Waals surface area contributed by atoms with E-state index in [4.69, 9.17) is 4.74 Å². The van der Waals surface area contributed by atoms with Crippen molar-refractivity contribution in [3.8, 4) is 11.4 Å². The number of methoxy groups -OCH3 is 1. The maximum absolute atomic E-state index is 13.3. The van der Waals surface area contributed by atoms with Gasteiger partial charge in [0.05, 0.1) is 53.2 Å². The summed E-state index contributed by atoms with van der Waals surface area (Å²) in [5, 5.41) is 5.23. The summed E-state index contributed by atoms with van der Waals surface area (Å²) in [7, 11) is 6.89. The molecule has 0 saturated carbocycles. The van der Waals surface area contributed by atoms with Crippen LogP contribution in [-0.4, -0.2) is 50.0 Å². The van der Waals surface area contributed by atoms with Gasteiger partial charge in [0.25, 0.3) is 0 Å². The molecule has 0 atom stereocenters. The molecule has 0 amide bonds. The Hall–Kier alpha value is -4.01. The Morgan fingerprint density at radius 3 is 2.66 bits per heavy atom. The molecule has 0 fully saturated rings. The second-order valence-corrected chi connectivity index (χ2v) is 7.38. The Morgan fingerprint density at radius 1 is 1.25 bits per heavy atom. The van der Waals surface area contributed by atoms with Crippen LogP contribution in [0.2, 0.25) is 0 Å². The second-order valence-electron chi connectivity index (χ2n) is 7.38. The molecule has 0 radical (unpaired) electrons. The number of aliphatic imine (C=N–C) groups is 2. The minimum absolute atomic E-state index is 0.165. The van der Waals surface area contributed by atoms with Gasteiger partial charge in [-0.05, 0) is 19.9 Å². The van der Waals surface area contributed by atoms with Gasteiger partial charge < -0.3 is 4.74 Å². The summed E-state index contributed by atoms with van der Waals surface area (Å²) in [6.45, 7) is 3.78. The molecule has 0 saturated heterocycles. The van der Waals surface area contributed by atoms with Crippen LogP contribution in [0.4, 0.5) is 0 Å². The molecule has 3 aromatic heterocycles. The van der Waals surface area contributed by atoms with Crippen molar-refractivity contribution >= 4 is 33.9 Å². The molecule has 0 N–H and O–H groups in total. The number of allylic oxidation sites excluding steroid dienone is 1. The lowest BCUT2D eigenvalue weighted by molar-refractivity contribution is 0.414. The van der Waals surface area contributed by atoms with Crippen LogP contribution in [0.25, 0.3) is 27.6 Å². The summed E-state index contributed by atoms with van der Waals surface area (Å²) in [4.78, 5) is 26.5. The predicted octanol–water partition coefficient (Wildman–Crippen LogP) is 2.95. The normalized spacial score (nSPS) is 12.8. The van der Waals surface area contributed by atoms with Crippen molar-refractivity contribution in [2.24, 2.45) is 24.1 Å². The third kappa shape index (κ3) is 3.31. The van der Waals surface area contributed by atoms with E-state index in [-0.39, 0.29) is 5.69 Å². The van der Waals surface area contributed by atoms with Crippen molar-refractivity contribution in [1.82, 2.24) is 23.9 Å². The van der Waals surface area contributed by atoms with Crippen LogP contribution in [0.3, 0.4) is 0 Å². The number of fused-ring (bicyclic) bond motifs is 3. The van der Waals surface area contributed by atoms with Crippen LogP contribution in [0.5, 0.6) is 5.75 Å². The van der Waals surface area contributed by atoms with Gasteiger partial charge in [0, 0.05) is 50.6 Å². The van der Waals surface area contributed by atoms with Gasteiger partial charge in [-0.1, -0.05) is 6.08 Å².